The van der Waals surface area contributed by atoms with Gasteiger partial charge in [0.05, 0.1) is 12.2 Å². The number of benzene rings is 1. The van der Waals surface area contributed by atoms with E-state index in [1.54, 1.807) is 0 Å². The molecule has 29 heavy (non-hydrogen) atoms. The van der Waals surface area contributed by atoms with Crippen LogP contribution >= 0.6 is 11.5 Å². The Morgan fingerprint density at radius 1 is 1.21 bits per heavy atom. The van der Waals surface area contributed by atoms with Gasteiger partial charge in [0.1, 0.15) is 5.82 Å². The smallest absolute Gasteiger partial charge is 0.342 e. The zero-order chi connectivity index (χ0) is 21.2. The van der Waals surface area contributed by atoms with Gasteiger partial charge in [-0.15, -0.1) is 0 Å². The molecule has 2 heterocycles. The van der Waals surface area contributed by atoms with E-state index in [2.05, 4.69) is 9.36 Å². The summed E-state index contributed by atoms with van der Waals surface area (Å²) in [5.74, 6) is -0.218. The van der Waals surface area contributed by atoms with Crippen molar-refractivity contribution in [3.63, 3.8) is 0 Å². The Hall–Kier alpha value is -1.72. The molecule has 1 saturated heterocycles. The van der Waals surface area contributed by atoms with Gasteiger partial charge in [0.25, 0.3) is 0 Å². The molecule has 1 aliphatic rings. The largest absolute Gasteiger partial charge is 0.390 e. The molecule has 1 aromatic heterocycles. The zero-order valence-electron chi connectivity index (χ0n) is 16.2. The third kappa shape index (κ3) is 5.89. The van der Waals surface area contributed by atoms with Gasteiger partial charge in [-0.3, -0.25) is 0 Å². The van der Waals surface area contributed by atoms with Crippen LogP contribution in [0.3, 0.4) is 0 Å². The highest BCUT2D eigenvalue weighted by atomic mass is 32.2. The molecule has 1 atom stereocenters. The maximum atomic E-state index is 12.4. The molecule has 1 fully saturated rings. The third-order valence-electron chi connectivity index (χ3n) is 4.81. The van der Waals surface area contributed by atoms with Crippen LogP contribution in [0, 0.1) is 6.92 Å². The molecule has 2 aromatic rings. The predicted molar refractivity (Wildman–Crippen MR) is 107 cm³/mol. The molecule has 1 aromatic carbocycles. The van der Waals surface area contributed by atoms with E-state index in [4.69, 9.17) is 0 Å². The van der Waals surface area contributed by atoms with Crippen LogP contribution in [0.15, 0.2) is 24.3 Å². The molecule has 0 saturated carbocycles. The number of sulfonamides is 1. The number of hydrogen-bond donors (Lipinski definition) is 0. The number of aryl methyl sites for hydroxylation is 1. The normalized spacial score (nSPS) is 18.9. The summed E-state index contributed by atoms with van der Waals surface area (Å²) in [5, 5.41) is 0.701. The van der Waals surface area contributed by atoms with Gasteiger partial charge in [-0.2, -0.15) is 21.9 Å². The topological polar surface area (TPSA) is 66.4 Å². The minimum Gasteiger partial charge on any atom is -0.342 e. The SMILES string of the molecule is Cc1ccc(Cc2nsc(N3CCN(S(=O)(=O)CCC(F)(F)F)CC3C)n2)cc1. The molecule has 6 nitrogen and oxygen atoms in total. The van der Waals surface area contributed by atoms with Crippen LogP contribution < -0.4 is 4.90 Å². The Balaban J connectivity index is 1.61. The van der Waals surface area contributed by atoms with Gasteiger partial charge in [0.15, 0.2) is 0 Å². The summed E-state index contributed by atoms with van der Waals surface area (Å²) in [4.78, 5) is 6.54. The van der Waals surface area contributed by atoms with Crippen LogP contribution in [0.25, 0.3) is 0 Å². The Morgan fingerprint density at radius 2 is 1.90 bits per heavy atom. The van der Waals surface area contributed by atoms with Crippen molar-refractivity contribution in [3.05, 3.63) is 41.2 Å². The highest BCUT2D eigenvalue weighted by molar-refractivity contribution is 7.89. The number of rotatable bonds is 6. The van der Waals surface area contributed by atoms with Crippen LogP contribution in [-0.4, -0.2) is 59.7 Å². The quantitative estimate of drug-likeness (QED) is 0.679. The summed E-state index contributed by atoms with van der Waals surface area (Å²) in [6.45, 7) is 4.50. The second-order valence-corrected chi connectivity index (χ2v) is 10.1. The van der Waals surface area contributed by atoms with Crippen molar-refractivity contribution in [1.82, 2.24) is 13.7 Å². The third-order valence-corrected chi connectivity index (χ3v) is 7.44. The summed E-state index contributed by atoms with van der Waals surface area (Å²) < 4.78 is 67.2. The first-order valence-electron chi connectivity index (χ1n) is 9.23. The number of nitrogens with zero attached hydrogens (tertiary/aromatic N) is 4. The fourth-order valence-corrected chi connectivity index (χ4v) is 5.52. The zero-order valence-corrected chi connectivity index (χ0v) is 17.8. The molecular formula is C18H23F3N4O2S2. The number of alkyl halides is 3. The molecule has 0 amide bonds. The van der Waals surface area contributed by atoms with E-state index in [9.17, 15) is 21.6 Å². The summed E-state index contributed by atoms with van der Waals surface area (Å²) in [7, 11) is -3.94. The monoisotopic (exact) mass is 448 g/mol. The molecule has 0 aliphatic carbocycles. The van der Waals surface area contributed by atoms with Crippen molar-refractivity contribution in [3.8, 4) is 0 Å². The summed E-state index contributed by atoms with van der Waals surface area (Å²) in [6, 6.07) is 7.92. The maximum absolute atomic E-state index is 12.4. The van der Waals surface area contributed by atoms with Crippen molar-refractivity contribution in [2.45, 2.75) is 38.9 Å². The molecule has 0 spiro atoms. The fraction of sp³-hybridized carbons (Fsp3) is 0.556. The van der Waals surface area contributed by atoms with Crippen molar-refractivity contribution in [2.75, 3.05) is 30.3 Å². The molecule has 11 heteroatoms. The Kier molecular flexibility index (Phi) is 6.49. The van der Waals surface area contributed by atoms with Gasteiger partial charge < -0.3 is 4.90 Å². The molecule has 0 radical (unpaired) electrons. The summed E-state index contributed by atoms with van der Waals surface area (Å²) in [6.07, 6.45) is -5.21. The van der Waals surface area contributed by atoms with Crippen LogP contribution in [0.2, 0.25) is 0 Å². The first kappa shape index (κ1) is 22.0. The average molecular weight is 449 g/mol. The molecule has 0 bridgehead atoms. The predicted octanol–water partition coefficient (Wildman–Crippen LogP) is 3.23. The van der Waals surface area contributed by atoms with Gasteiger partial charge in [0.2, 0.25) is 15.2 Å². The minimum absolute atomic E-state index is 0.132. The van der Waals surface area contributed by atoms with E-state index < -0.39 is 28.4 Å². The van der Waals surface area contributed by atoms with Gasteiger partial charge >= 0.3 is 6.18 Å². The van der Waals surface area contributed by atoms with Gasteiger partial charge in [-0.25, -0.2) is 13.4 Å². The average Bonchev–Trinajstić information content (AvgIpc) is 3.09. The van der Waals surface area contributed by atoms with E-state index in [-0.39, 0.29) is 19.1 Å². The van der Waals surface area contributed by atoms with E-state index in [1.807, 2.05) is 43.0 Å². The van der Waals surface area contributed by atoms with Gasteiger partial charge in [-0.05, 0) is 19.4 Å². The first-order valence-corrected chi connectivity index (χ1v) is 11.6. The lowest BCUT2D eigenvalue weighted by atomic mass is 10.1. The standard InChI is InChI=1S/C18H23F3N4O2S2/c1-13-3-5-15(6-4-13)11-16-22-17(28-23-16)25-9-8-24(12-14(25)2)29(26,27)10-7-18(19,20)21/h3-6,14H,7-12H2,1-2H3. The highest BCUT2D eigenvalue weighted by Crippen LogP contribution is 2.26. The number of hydrogen-bond acceptors (Lipinski definition) is 6. The van der Waals surface area contributed by atoms with E-state index in [1.165, 1.54) is 17.1 Å². The van der Waals surface area contributed by atoms with Crippen molar-refractivity contribution in [2.24, 2.45) is 0 Å². The van der Waals surface area contributed by atoms with Crippen molar-refractivity contribution in [1.29, 1.82) is 0 Å². The lowest BCUT2D eigenvalue weighted by Gasteiger charge is -2.38. The van der Waals surface area contributed by atoms with Gasteiger partial charge in [-0.1, -0.05) is 29.8 Å². The highest BCUT2D eigenvalue weighted by Gasteiger charge is 2.36. The van der Waals surface area contributed by atoms with Gasteiger partial charge in [0, 0.05) is 43.6 Å². The van der Waals surface area contributed by atoms with Crippen molar-refractivity contribution >= 4 is 26.7 Å². The number of halogens is 3. The first-order chi connectivity index (χ1) is 13.5. The van der Waals surface area contributed by atoms with Crippen LogP contribution in [-0.2, 0) is 16.4 Å². The van der Waals surface area contributed by atoms with E-state index in [0.29, 0.717) is 23.9 Å². The number of anilines is 1. The van der Waals surface area contributed by atoms with E-state index >= 15 is 0 Å². The maximum Gasteiger partial charge on any atom is 0.390 e. The second kappa shape index (κ2) is 8.57. The van der Waals surface area contributed by atoms with E-state index in [0.717, 1.165) is 9.87 Å². The lowest BCUT2D eigenvalue weighted by molar-refractivity contribution is -0.130. The number of piperazine rings is 1. The molecule has 3 rings (SSSR count). The van der Waals surface area contributed by atoms with Crippen molar-refractivity contribution < 1.29 is 21.6 Å². The fourth-order valence-electron chi connectivity index (χ4n) is 3.16. The van der Waals surface area contributed by atoms with Crippen LogP contribution in [0.5, 0.6) is 0 Å². The molecule has 160 valence electrons. The summed E-state index contributed by atoms with van der Waals surface area (Å²) in [5.41, 5.74) is 2.28. The Morgan fingerprint density at radius 3 is 2.52 bits per heavy atom. The van der Waals surface area contributed by atoms with Crippen LogP contribution in [0.4, 0.5) is 18.3 Å². The lowest BCUT2D eigenvalue weighted by Crippen LogP contribution is -2.54. The summed E-state index contributed by atoms with van der Waals surface area (Å²) >= 11 is 1.25. The Bertz CT molecular complexity index is 929. The molecule has 0 N–H and O–H groups in total. The Labute approximate surface area is 172 Å². The van der Waals surface area contributed by atoms with Crippen LogP contribution in [0.1, 0.15) is 30.3 Å². The molecular weight excluding hydrogens is 425 g/mol. The molecule has 1 aliphatic heterocycles. The minimum atomic E-state index is -4.49. The molecule has 1 unspecified atom stereocenters. The number of aromatic nitrogens is 2. The second-order valence-electron chi connectivity index (χ2n) is 7.24.